The quantitative estimate of drug-likeness (QED) is 0.427. The van der Waals surface area contributed by atoms with Crippen LogP contribution < -0.4 is 0 Å². The highest BCUT2D eigenvalue weighted by molar-refractivity contribution is 5.91. The second-order valence-corrected chi connectivity index (χ2v) is 4.47. The van der Waals surface area contributed by atoms with Crippen molar-refractivity contribution in [3.8, 4) is 22.8 Å². The maximum atomic E-state index is 11.1. The lowest BCUT2D eigenvalue weighted by Crippen LogP contribution is -1.93. The van der Waals surface area contributed by atoms with Gasteiger partial charge in [0.15, 0.2) is 0 Å². The normalized spacial score (nSPS) is 10.7. The van der Waals surface area contributed by atoms with E-state index < -0.39 is 4.92 Å². The van der Waals surface area contributed by atoms with E-state index in [2.05, 4.69) is 4.98 Å². The molecule has 0 unspecified atom stereocenters. The first-order valence-corrected chi connectivity index (χ1v) is 6.13. The molecule has 0 radical (unpaired) electrons. The first kappa shape index (κ1) is 12.9. The van der Waals surface area contributed by atoms with Gasteiger partial charge < -0.3 is 10.2 Å². The maximum Gasteiger partial charge on any atom is 0.278 e. The molecule has 3 rings (SSSR count). The molecule has 0 saturated carbocycles. The van der Waals surface area contributed by atoms with Crippen molar-refractivity contribution >= 4 is 16.6 Å². The molecule has 6 nitrogen and oxygen atoms in total. The zero-order valence-corrected chi connectivity index (χ0v) is 10.7. The van der Waals surface area contributed by atoms with Gasteiger partial charge in [-0.2, -0.15) is 0 Å². The Balaban J connectivity index is 2.28. The van der Waals surface area contributed by atoms with Gasteiger partial charge in [-0.25, -0.2) is 4.98 Å². The van der Waals surface area contributed by atoms with Gasteiger partial charge in [0.05, 0.1) is 16.2 Å². The molecule has 21 heavy (non-hydrogen) atoms. The molecule has 2 aromatic carbocycles. The third-order valence-corrected chi connectivity index (χ3v) is 3.19. The molecule has 0 bridgehead atoms. The van der Waals surface area contributed by atoms with Crippen LogP contribution in [0.25, 0.3) is 22.2 Å². The van der Waals surface area contributed by atoms with Crippen LogP contribution in [-0.2, 0) is 0 Å². The first-order chi connectivity index (χ1) is 10.1. The van der Waals surface area contributed by atoms with Gasteiger partial charge in [-0.05, 0) is 30.3 Å². The molecular formula is C15H10N2O4. The Morgan fingerprint density at radius 1 is 0.952 bits per heavy atom. The summed E-state index contributed by atoms with van der Waals surface area (Å²) in [5.41, 5.74) is 0.845. The minimum atomic E-state index is -0.483. The van der Waals surface area contributed by atoms with E-state index in [1.165, 1.54) is 18.2 Å². The number of rotatable bonds is 2. The van der Waals surface area contributed by atoms with Gasteiger partial charge >= 0.3 is 0 Å². The van der Waals surface area contributed by atoms with E-state index in [4.69, 9.17) is 0 Å². The number of nitro benzene ring substituents is 1. The van der Waals surface area contributed by atoms with Crippen LogP contribution in [0, 0.1) is 10.1 Å². The Labute approximate surface area is 119 Å². The fraction of sp³-hybridized carbons (Fsp3) is 0. The molecular weight excluding hydrogens is 272 g/mol. The van der Waals surface area contributed by atoms with Gasteiger partial charge in [0, 0.05) is 11.5 Å². The standard InChI is InChI=1S/C15H10N2O4/c18-13-7-8-14(19)15-10(13)5-6-11(16-15)9-3-1-2-4-12(9)17(20)21/h1-8,18-19H. The van der Waals surface area contributed by atoms with Gasteiger partial charge in [0.2, 0.25) is 0 Å². The Hall–Kier alpha value is -3.15. The maximum absolute atomic E-state index is 11.1. The lowest BCUT2D eigenvalue weighted by molar-refractivity contribution is -0.384. The Morgan fingerprint density at radius 3 is 2.43 bits per heavy atom. The number of nitrogens with zero attached hydrogens (tertiary/aromatic N) is 2. The molecule has 6 heteroatoms. The van der Waals surface area contributed by atoms with Crippen molar-refractivity contribution in [3.05, 3.63) is 58.6 Å². The van der Waals surface area contributed by atoms with E-state index >= 15 is 0 Å². The van der Waals surface area contributed by atoms with E-state index in [9.17, 15) is 20.3 Å². The molecule has 0 aliphatic rings. The van der Waals surface area contributed by atoms with Crippen LogP contribution in [-0.4, -0.2) is 20.1 Å². The fourth-order valence-corrected chi connectivity index (χ4v) is 2.19. The Morgan fingerprint density at radius 2 is 1.67 bits per heavy atom. The average molecular weight is 282 g/mol. The topological polar surface area (TPSA) is 96.5 Å². The summed E-state index contributed by atoms with van der Waals surface area (Å²) in [6.07, 6.45) is 0. The van der Waals surface area contributed by atoms with Crippen molar-refractivity contribution in [2.45, 2.75) is 0 Å². The number of phenolic OH excluding ortho intramolecular Hbond substituents is 2. The van der Waals surface area contributed by atoms with Gasteiger partial charge in [-0.15, -0.1) is 0 Å². The highest BCUT2D eigenvalue weighted by Crippen LogP contribution is 2.34. The van der Waals surface area contributed by atoms with Crippen LogP contribution in [0.4, 0.5) is 5.69 Å². The van der Waals surface area contributed by atoms with Gasteiger partial charge in [0.25, 0.3) is 5.69 Å². The number of benzene rings is 2. The van der Waals surface area contributed by atoms with Crippen molar-refractivity contribution in [2.24, 2.45) is 0 Å². The second-order valence-electron chi connectivity index (χ2n) is 4.47. The molecule has 3 aromatic rings. The van der Waals surface area contributed by atoms with Gasteiger partial charge in [-0.3, -0.25) is 10.1 Å². The zero-order chi connectivity index (χ0) is 15.0. The molecule has 0 aliphatic carbocycles. The molecule has 0 amide bonds. The molecule has 2 N–H and O–H groups in total. The third kappa shape index (κ3) is 2.12. The second kappa shape index (κ2) is 4.75. The summed E-state index contributed by atoms with van der Waals surface area (Å²) in [6, 6.07) is 12.1. The summed E-state index contributed by atoms with van der Waals surface area (Å²) in [4.78, 5) is 14.8. The van der Waals surface area contributed by atoms with Crippen molar-refractivity contribution in [3.63, 3.8) is 0 Å². The third-order valence-electron chi connectivity index (χ3n) is 3.19. The molecule has 0 saturated heterocycles. The van der Waals surface area contributed by atoms with Crippen molar-refractivity contribution in [2.75, 3.05) is 0 Å². The number of phenols is 2. The zero-order valence-electron chi connectivity index (χ0n) is 10.7. The van der Waals surface area contributed by atoms with Crippen molar-refractivity contribution in [1.82, 2.24) is 4.98 Å². The summed E-state index contributed by atoms with van der Waals surface area (Å²) < 4.78 is 0. The molecule has 0 spiro atoms. The number of hydrogen-bond acceptors (Lipinski definition) is 5. The number of para-hydroxylation sites is 1. The molecule has 1 heterocycles. The first-order valence-electron chi connectivity index (χ1n) is 6.13. The predicted molar refractivity (Wildman–Crippen MR) is 77.2 cm³/mol. The van der Waals surface area contributed by atoms with Crippen molar-refractivity contribution < 1.29 is 15.1 Å². The summed E-state index contributed by atoms with van der Waals surface area (Å²) in [5, 5.41) is 31.0. The summed E-state index contributed by atoms with van der Waals surface area (Å²) in [6.45, 7) is 0. The molecule has 0 atom stereocenters. The highest BCUT2D eigenvalue weighted by Gasteiger charge is 2.16. The highest BCUT2D eigenvalue weighted by atomic mass is 16.6. The number of aromatic hydroxyl groups is 2. The SMILES string of the molecule is O=[N+]([O-])c1ccccc1-c1ccc2c(O)ccc(O)c2n1. The smallest absolute Gasteiger partial charge is 0.278 e. The van der Waals surface area contributed by atoms with Crippen molar-refractivity contribution in [1.29, 1.82) is 0 Å². The summed E-state index contributed by atoms with van der Waals surface area (Å²) >= 11 is 0. The van der Waals surface area contributed by atoms with Crippen LogP contribution in [0.2, 0.25) is 0 Å². The summed E-state index contributed by atoms with van der Waals surface area (Å²) in [7, 11) is 0. The van der Waals surface area contributed by atoms with E-state index in [-0.39, 0.29) is 22.7 Å². The molecule has 1 aromatic heterocycles. The van der Waals surface area contributed by atoms with Crippen LogP contribution in [0.3, 0.4) is 0 Å². The molecule has 0 aliphatic heterocycles. The average Bonchev–Trinajstić information content (AvgIpc) is 2.50. The minimum absolute atomic E-state index is 0.00980. The van der Waals surface area contributed by atoms with Gasteiger partial charge in [0.1, 0.15) is 17.0 Å². The number of fused-ring (bicyclic) bond motifs is 1. The van der Waals surface area contributed by atoms with Gasteiger partial charge in [-0.1, -0.05) is 12.1 Å². The monoisotopic (exact) mass is 282 g/mol. The Kier molecular flexibility index (Phi) is 2.91. The number of nitro groups is 1. The molecule has 0 fully saturated rings. The lowest BCUT2D eigenvalue weighted by atomic mass is 10.1. The summed E-state index contributed by atoms with van der Waals surface area (Å²) in [5.74, 6) is -0.104. The van der Waals surface area contributed by atoms with Crippen LogP contribution in [0.1, 0.15) is 0 Å². The largest absolute Gasteiger partial charge is 0.507 e. The predicted octanol–water partition coefficient (Wildman–Crippen LogP) is 3.22. The van der Waals surface area contributed by atoms with Crippen LogP contribution in [0.5, 0.6) is 11.5 Å². The Bertz CT molecular complexity index is 861. The molecule has 104 valence electrons. The van der Waals surface area contributed by atoms with E-state index in [1.54, 1.807) is 30.3 Å². The van der Waals surface area contributed by atoms with E-state index in [0.717, 1.165) is 0 Å². The fourth-order valence-electron chi connectivity index (χ4n) is 2.19. The number of pyridine rings is 1. The van der Waals surface area contributed by atoms with Crippen LogP contribution in [0.15, 0.2) is 48.5 Å². The number of hydrogen-bond donors (Lipinski definition) is 2. The van der Waals surface area contributed by atoms with E-state index in [1.807, 2.05) is 0 Å². The number of aromatic nitrogens is 1. The lowest BCUT2D eigenvalue weighted by Gasteiger charge is -2.06. The van der Waals surface area contributed by atoms with E-state index in [0.29, 0.717) is 16.6 Å². The van der Waals surface area contributed by atoms with Crippen LogP contribution >= 0.6 is 0 Å². The minimum Gasteiger partial charge on any atom is -0.507 e.